The van der Waals surface area contributed by atoms with Crippen molar-refractivity contribution in [3.8, 4) is 0 Å². The van der Waals surface area contributed by atoms with Crippen molar-refractivity contribution in [2.24, 2.45) is 5.92 Å². The summed E-state index contributed by atoms with van der Waals surface area (Å²) >= 11 is 5.45. The van der Waals surface area contributed by atoms with Crippen molar-refractivity contribution < 1.29 is 9.90 Å². The molecule has 1 aliphatic rings. The van der Waals surface area contributed by atoms with Crippen LogP contribution in [-0.2, 0) is 4.79 Å². The molecule has 3 rings (SSSR count). The molecule has 0 spiro atoms. The Balaban J connectivity index is 1.65. The molecule has 0 saturated carbocycles. The summed E-state index contributed by atoms with van der Waals surface area (Å²) < 4.78 is 0. The summed E-state index contributed by atoms with van der Waals surface area (Å²) in [6.07, 6.45) is 1.30. The van der Waals surface area contributed by atoms with Gasteiger partial charge in [0.05, 0.1) is 5.92 Å². The molecule has 0 unspecified atom stereocenters. The number of benzene rings is 2. The van der Waals surface area contributed by atoms with E-state index in [9.17, 15) is 4.79 Å². The molecule has 1 aliphatic heterocycles. The monoisotopic (exact) mass is 314 g/mol. The van der Waals surface area contributed by atoms with Crippen LogP contribution in [0, 0.1) is 5.92 Å². The Kier molecular flexibility index (Phi) is 4.24. The lowest BCUT2D eigenvalue weighted by atomic mass is 9.97. The highest BCUT2D eigenvalue weighted by Crippen LogP contribution is 2.21. The highest BCUT2D eigenvalue weighted by atomic mass is 32.1. The second-order valence-electron chi connectivity index (χ2n) is 5.59. The van der Waals surface area contributed by atoms with Gasteiger partial charge in [-0.2, -0.15) is 0 Å². The van der Waals surface area contributed by atoms with E-state index in [0.29, 0.717) is 31.0 Å². The van der Waals surface area contributed by atoms with Crippen molar-refractivity contribution in [3.05, 3.63) is 42.5 Å². The average Bonchev–Trinajstić information content (AvgIpc) is 2.55. The molecule has 114 valence electrons. The molecular weight excluding hydrogens is 296 g/mol. The zero-order valence-electron chi connectivity index (χ0n) is 12.2. The third-order valence-corrected chi connectivity index (χ3v) is 4.49. The van der Waals surface area contributed by atoms with Crippen LogP contribution in [0.25, 0.3) is 10.8 Å². The number of piperidine rings is 1. The summed E-state index contributed by atoms with van der Waals surface area (Å²) in [6, 6.07) is 14.3. The molecule has 5 heteroatoms. The van der Waals surface area contributed by atoms with Crippen LogP contribution in [0.4, 0.5) is 5.69 Å². The van der Waals surface area contributed by atoms with E-state index in [1.54, 1.807) is 0 Å². The van der Waals surface area contributed by atoms with Crippen molar-refractivity contribution in [3.63, 3.8) is 0 Å². The van der Waals surface area contributed by atoms with Crippen LogP contribution < -0.4 is 5.32 Å². The Morgan fingerprint density at radius 1 is 1.14 bits per heavy atom. The molecule has 2 aromatic rings. The Morgan fingerprint density at radius 2 is 1.82 bits per heavy atom. The number of fused-ring (bicyclic) bond motifs is 1. The van der Waals surface area contributed by atoms with Crippen LogP contribution in [0.1, 0.15) is 12.8 Å². The Labute approximate surface area is 134 Å². The predicted molar refractivity (Wildman–Crippen MR) is 92.1 cm³/mol. The zero-order chi connectivity index (χ0) is 15.5. The van der Waals surface area contributed by atoms with E-state index in [1.807, 2.05) is 23.1 Å². The third-order valence-electron chi connectivity index (χ3n) is 4.13. The Bertz CT molecular complexity index is 709. The number of carbonyl (C=O) groups is 1. The summed E-state index contributed by atoms with van der Waals surface area (Å²) in [6.45, 7) is 1.38. The third kappa shape index (κ3) is 3.20. The number of nitrogens with zero attached hydrogens (tertiary/aromatic N) is 1. The molecule has 0 radical (unpaired) electrons. The van der Waals surface area contributed by atoms with Gasteiger partial charge >= 0.3 is 5.97 Å². The van der Waals surface area contributed by atoms with Gasteiger partial charge in [0.2, 0.25) is 0 Å². The molecule has 0 bridgehead atoms. The number of anilines is 1. The van der Waals surface area contributed by atoms with Crippen molar-refractivity contribution in [2.75, 3.05) is 18.4 Å². The van der Waals surface area contributed by atoms with E-state index in [1.165, 1.54) is 10.8 Å². The summed E-state index contributed by atoms with van der Waals surface area (Å²) in [5.74, 6) is -0.937. The lowest BCUT2D eigenvalue weighted by molar-refractivity contribution is -0.143. The first-order valence-corrected chi connectivity index (χ1v) is 7.82. The molecule has 22 heavy (non-hydrogen) atoms. The molecule has 1 fully saturated rings. The molecule has 0 aromatic heterocycles. The Hall–Kier alpha value is -2.14. The molecule has 0 amide bonds. The lowest BCUT2D eigenvalue weighted by Crippen LogP contribution is -2.42. The Morgan fingerprint density at radius 3 is 2.50 bits per heavy atom. The molecule has 2 aromatic carbocycles. The van der Waals surface area contributed by atoms with E-state index in [2.05, 4.69) is 29.6 Å². The van der Waals surface area contributed by atoms with Gasteiger partial charge in [-0.25, -0.2) is 0 Å². The maximum absolute atomic E-state index is 11.0. The summed E-state index contributed by atoms with van der Waals surface area (Å²) in [5, 5.41) is 15.3. The van der Waals surface area contributed by atoms with Gasteiger partial charge in [-0.1, -0.05) is 30.3 Å². The number of carboxylic acid groups (broad SMARTS) is 1. The number of carboxylic acids is 1. The van der Waals surface area contributed by atoms with Gasteiger partial charge in [0.1, 0.15) is 0 Å². The van der Waals surface area contributed by atoms with Gasteiger partial charge in [-0.05, 0) is 48.0 Å². The first kappa shape index (κ1) is 14.8. The largest absolute Gasteiger partial charge is 0.481 e. The fraction of sp³-hybridized carbons (Fsp3) is 0.294. The first-order chi connectivity index (χ1) is 10.6. The highest BCUT2D eigenvalue weighted by Gasteiger charge is 2.25. The zero-order valence-corrected chi connectivity index (χ0v) is 13.0. The van der Waals surface area contributed by atoms with Crippen LogP contribution >= 0.6 is 12.2 Å². The molecule has 1 saturated heterocycles. The van der Waals surface area contributed by atoms with Gasteiger partial charge < -0.3 is 15.3 Å². The van der Waals surface area contributed by atoms with E-state index in [0.717, 1.165) is 5.69 Å². The van der Waals surface area contributed by atoms with E-state index in [-0.39, 0.29) is 5.92 Å². The van der Waals surface area contributed by atoms with Crippen molar-refractivity contribution in [1.82, 2.24) is 4.90 Å². The SMILES string of the molecule is O=C(O)C1CCN(C(=S)Nc2ccc3ccccc3c2)CC1. The number of likely N-dealkylation sites (tertiary alicyclic amines) is 1. The van der Waals surface area contributed by atoms with Gasteiger partial charge in [-0.3, -0.25) is 4.79 Å². The topological polar surface area (TPSA) is 52.6 Å². The number of nitrogens with one attached hydrogen (secondary N) is 1. The maximum atomic E-state index is 11.0. The molecule has 0 aliphatic carbocycles. The van der Waals surface area contributed by atoms with Crippen molar-refractivity contribution in [2.45, 2.75) is 12.8 Å². The highest BCUT2D eigenvalue weighted by molar-refractivity contribution is 7.80. The standard InChI is InChI=1S/C17H18N2O2S/c20-16(21)13-7-9-19(10-8-13)17(22)18-15-6-5-12-3-1-2-4-14(12)11-15/h1-6,11,13H,7-10H2,(H,18,22)(H,20,21). The van der Waals surface area contributed by atoms with Crippen LogP contribution in [0.5, 0.6) is 0 Å². The van der Waals surface area contributed by atoms with Crippen LogP contribution in [0.2, 0.25) is 0 Å². The smallest absolute Gasteiger partial charge is 0.306 e. The maximum Gasteiger partial charge on any atom is 0.306 e. The molecular formula is C17H18N2O2S. The fourth-order valence-corrected chi connectivity index (χ4v) is 3.10. The number of aliphatic carboxylic acids is 1. The molecule has 4 nitrogen and oxygen atoms in total. The van der Waals surface area contributed by atoms with E-state index in [4.69, 9.17) is 17.3 Å². The number of rotatable bonds is 2. The number of hydrogen-bond donors (Lipinski definition) is 2. The molecule has 1 heterocycles. The van der Waals surface area contributed by atoms with Crippen molar-refractivity contribution in [1.29, 1.82) is 0 Å². The first-order valence-electron chi connectivity index (χ1n) is 7.41. The van der Waals surface area contributed by atoms with E-state index < -0.39 is 5.97 Å². The van der Waals surface area contributed by atoms with Crippen LogP contribution in [0.3, 0.4) is 0 Å². The number of thiocarbonyl (C=S) groups is 1. The van der Waals surface area contributed by atoms with Gasteiger partial charge in [0, 0.05) is 18.8 Å². The minimum Gasteiger partial charge on any atom is -0.481 e. The summed E-state index contributed by atoms with van der Waals surface area (Å²) in [4.78, 5) is 13.0. The fourth-order valence-electron chi connectivity index (χ4n) is 2.80. The van der Waals surface area contributed by atoms with Crippen LogP contribution in [-0.4, -0.2) is 34.2 Å². The minimum atomic E-state index is -0.701. The molecule has 2 N–H and O–H groups in total. The minimum absolute atomic E-state index is 0.236. The average molecular weight is 314 g/mol. The van der Waals surface area contributed by atoms with Gasteiger partial charge in [0.25, 0.3) is 0 Å². The second kappa shape index (κ2) is 6.32. The normalized spacial score (nSPS) is 15.7. The van der Waals surface area contributed by atoms with E-state index >= 15 is 0 Å². The number of hydrogen-bond acceptors (Lipinski definition) is 2. The van der Waals surface area contributed by atoms with Gasteiger partial charge in [-0.15, -0.1) is 0 Å². The second-order valence-corrected chi connectivity index (χ2v) is 5.98. The summed E-state index contributed by atoms with van der Waals surface area (Å²) in [5.41, 5.74) is 0.962. The quantitative estimate of drug-likeness (QED) is 0.833. The van der Waals surface area contributed by atoms with Gasteiger partial charge in [0.15, 0.2) is 5.11 Å². The van der Waals surface area contributed by atoms with Crippen molar-refractivity contribution >= 4 is 39.8 Å². The van der Waals surface area contributed by atoms with Crippen LogP contribution in [0.15, 0.2) is 42.5 Å². The summed E-state index contributed by atoms with van der Waals surface area (Å²) in [7, 11) is 0. The predicted octanol–water partition coefficient (Wildman–Crippen LogP) is 3.33. The molecule has 0 atom stereocenters. The lowest BCUT2D eigenvalue weighted by Gasteiger charge is -2.32.